The molecule has 2 heterocycles. The molecule has 2 aromatic heterocycles. The first kappa shape index (κ1) is 8.49. The van der Waals surface area contributed by atoms with E-state index in [1.165, 1.54) is 18.7 Å². The fraction of sp³-hybridized carbons (Fsp3) is 0.125. The van der Waals surface area contributed by atoms with Crippen molar-refractivity contribution in [2.75, 3.05) is 0 Å². The Kier molecular flexibility index (Phi) is 2.02. The van der Waals surface area contributed by atoms with Crippen molar-refractivity contribution < 1.29 is 14.3 Å². The van der Waals surface area contributed by atoms with E-state index in [0.717, 1.165) is 0 Å². The molecule has 0 aromatic carbocycles. The van der Waals surface area contributed by atoms with Gasteiger partial charge in [-0.25, -0.2) is 14.5 Å². The lowest BCUT2D eigenvalue weighted by atomic mass is 10.4. The third-order valence-corrected chi connectivity index (χ3v) is 1.66. The number of carboxylic acids is 1. The molecule has 0 aliphatic carbocycles. The van der Waals surface area contributed by atoms with E-state index in [9.17, 15) is 4.79 Å². The average molecular weight is 193 g/mol. The highest BCUT2D eigenvalue weighted by Crippen LogP contribution is 2.08. The van der Waals surface area contributed by atoms with Crippen molar-refractivity contribution in [3.05, 3.63) is 36.3 Å². The number of carbonyl (C=O) groups is 1. The maximum atomic E-state index is 10.5. The lowest BCUT2D eigenvalue weighted by Crippen LogP contribution is -1.98. The van der Waals surface area contributed by atoms with Gasteiger partial charge in [-0.3, -0.25) is 0 Å². The number of hydrogen-bond donors (Lipinski definition) is 1. The van der Waals surface area contributed by atoms with Crippen LogP contribution in [0.5, 0.6) is 0 Å². The van der Waals surface area contributed by atoms with E-state index in [1.54, 1.807) is 10.7 Å². The molecule has 0 unspecified atom stereocenters. The normalized spacial score (nSPS) is 10.3. The summed E-state index contributed by atoms with van der Waals surface area (Å²) in [6.07, 6.45) is 2.93. The SMILES string of the molecule is O=C(O)c1ccc(Cn2cncn2)o1. The molecule has 0 aliphatic rings. The summed E-state index contributed by atoms with van der Waals surface area (Å²) in [5.41, 5.74) is 0. The van der Waals surface area contributed by atoms with Crippen LogP contribution >= 0.6 is 0 Å². The number of aromatic nitrogens is 3. The molecule has 0 atom stereocenters. The van der Waals surface area contributed by atoms with Crippen molar-refractivity contribution in [1.82, 2.24) is 14.8 Å². The molecule has 6 nitrogen and oxygen atoms in total. The predicted molar refractivity (Wildman–Crippen MR) is 44.8 cm³/mol. The Morgan fingerprint density at radius 2 is 2.43 bits per heavy atom. The van der Waals surface area contributed by atoms with Crippen LogP contribution in [0.3, 0.4) is 0 Å². The van der Waals surface area contributed by atoms with Crippen LogP contribution in [0.1, 0.15) is 16.3 Å². The van der Waals surface area contributed by atoms with E-state index < -0.39 is 5.97 Å². The molecular formula is C8H7N3O3. The summed E-state index contributed by atoms with van der Waals surface area (Å²) in [6.45, 7) is 0.382. The Balaban J connectivity index is 2.14. The fourth-order valence-electron chi connectivity index (χ4n) is 1.05. The van der Waals surface area contributed by atoms with Gasteiger partial charge < -0.3 is 9.52 Å². The maximum Gasteiger partial charge on any atom is 0.371 e. The summed E-state index contributed by atoms with van der Waals surface area (Å²) in [5, 5.41) is 12.5. The molecular weight excluding hydrogens is 186 g/mol. The van der Waals surface area contributed by atoms with Crippen LogP contribution in [-0.2, 0) is 6.54 Å². The van der Waals surface area contributed by atoms with Gasteiger partial charge in [-0.05, 0) is 12.1 Å². The number of carboxylic acid groups (broad SMARTS) is 1. The van der Waals surface area contributed by atoms with Gasteiger partial charge in [-0.15, -0.1) is 0 Å². The second-order valence-corrected chi connectivity index (χ2v) is 2.66. The third-order valence-electron chi connectivity index (χ3n) is 1.66. The molecule has 0 aliphatic heterocycles. The zero-order chi connectivity index (χ0) is 9.97. The van der Waals surface area contributed by atoms with Gasteiger partial charge in [-0.1, -0.05) is 0 Å². The van der Waals surface area contributed by atoms with Crippen molar-refractivity contribution in [3.63, 3.8) is 0 Å². The van der Waals surface area contributed by atoms with Crippen molar-refractivity contribution in [3.8, 4) is 0 Å². The largest absolute Gasteiger partial charge is 0.475 e. The molecule has 0 radical (unpaired) electrons. The second-order valence-electron chi connectivity index (χ2n) is 2.66. The van der Waals surface area contributed by atoms with E-state index >= 15 is 0 Å². The highest BCUT2D eigenvalue weighted by molar-refractivity contribution is 5.84. The molecule has 1 N–H and O–H groups in total. The molecule has 0 amide bonds. The maximum absolute atomic E-state index is 10.5. The minimum atomic E-state index is -1.07. The molecule has 2 rings (SSSR count). The zero-order valence-corrected chi connectivity index (χ0v) is 7.12. The Hall–Kier alpha value is -2.11. The molecule has 0 spiro atoms. The van der Waals surface area contributed by atoms with E-state index in [4.69, 9.17) is 9.52 Å². The molecule has 72 valence electrons. The minimum absolute atomic E-state index is 0.0693. The van der Waals surface area contributed by atoms with Crippen molar-refractivity contribution in [2.45, 2.75) is 6.54 Å². The summed E-state index contributed by atoms with van der Waals surface area (Å²) in [5.74, 6) is -0.608. The second kappa shape index (κ2) is 3.33. The Morgan fingerprint density at radius 3 is 3.00 bits per heavy atom. The van der Waals surface area contributed by atoms with Crippen LogP contribution in [0, 0.1) is 0 Å². The summed E-state index contributed by atoms with van der Waals surface area (Å²) < 4.78 is 6.58. The summed E-state index contributed by atoms with van der Waals surface area (Å²) >= 11 is 0. The van der Waals surface area contributed by atoms with Crippen molar-refractivity contribution in [1.29, 1.82) is 0 Å². The quantitative estimate of drug-likeness (QED) is 0.772. The lowest BCUT2D eigenvalue weighted by molar-refractivity contribution is 0.0660. The third kappa shape index (κ3) is 1.63. The predicted octanol–water partition coefficient (Wildman–Crippen LogP) is 0.618. The number of aromatic carboxylic acids is 1. The standard InChI is InChI=1S/C8H7N3O3/c12-8(13)7-2-1-6(14-7)3-11-5-9-4-10-11/h1-2,4-5H,3H2,(H,12,13). The van der Waals surface area contributed by atoms with E-state index in [0.29, 0.717) is 12.3 Å². The molecule has 0 saturated heterocycles. The van der Waals surface area contributed by atoms with Gasteiger partial charge >= 0.3 is 5.97 Å². The average Bonchev–Trinajstić information content (AvgIpc) is 2.75. The first-order valence-electron chi connectivity index (χ1n) is 3.90. The van der Waals surface area contributed by atoms with Crippen LogP contribution in [0.2, 0.25) is 0 Å². The van der Waals surface area contributed by atoms with E-state index in [1.807, 2.05) is 0 Å². The molecule has 6 heteroatoms. The van der Waals surface area contributed by atoms with Crippen LogP contribution in [0.15, 0.2) is 29.2 Å². The first-order valence-corrected chi connectivity index (χ1v) is 3.90. The van der Waals surface area contributed by atoms with Gasteiger partial charge in [0.2, 0.25) is 5.76 Å². The smallest absolute Gasteiger partial charge is 0.371 e. The minimum Gasteiger partial charge on any atom is -0.475 e. The Morgan fingerprint density at radius 1 is 1.57 bits per heavy atom. The van der Waals surface area contributed by atoms with Gasteiger partial charge in [0.1, 0.15) is 25.0 Å². The highest BCUT2D eigenvalue weighted by Gasteiger charge is 2.08. The van der Waals surface area contributed by atoms with Gasteiger partial charge in [-0.2, -0.15) is 5.10 Å². The van der Waals surface area contributed by atoms with Gasteiger partial charge in [0.25, 0.3) is 0 Å². The monoisotopic (exact) mass is 193 g/mol. The summed E-state index contributed by atoms with van der Waals surface area (Å²) in [7, 11) is 0. The molecule has 0 fully saturated rings. The fourth-order valence-corrected chi connectivity index (χ4v) is 1.05. The molecule has 2 aromatic rings. The van der Waals surface area contributed by atoms with Crippen molar-refractivity contribution >= 4 is 5.97 Å². The van der Waals surface area contributed by atoms with Gasteiger partial charge in [0.15, 0.2) is 0 Å². The molecule has 0 bridgehead atoms. The summed E-state index contributed by atoms with van der Waals surface area (Å²) in [6, 6.07) is 3.01. The zero-order valence-electron chi connectivity index (χ0n) is 7.12. The lowest BCUT2D eigenvalue weighted by Gasteiger charge is -1.94. The van der Waals surface area contributed by atoms with Crippen LogP contribution < -0.4 is 0 Å². The van der Waals surface area contributed by atoms with Gasteiger partial charge in [0, 0.05) is 0 Å². The highest BCUT2D eigenvalue weighted by atomic mass is 16.4. The molecule has 0 saturated carbocycles. The van der Waals surface area contributed by atoms with E-state index in [-0.39, 0.29) is 5.76 Å². The van der Waals surface area contributed by atoms with Crippen molar-refractivity contribution in [2.24, 2.45) is 0 Å². The topological polar surface area (TPSA) is 81.1 Å². The Labute approximate surface area is 78.8 Å². The summed E-state index contributed by atoms with van der Waals surface area (Å²) in [4.78, 5) is 14.2. The first-order chi connectivity index (χ1) is 6.75. The van der Waals surface area contributed by atoms with E-state index in [2.05, 4.69) is 10.1 Å². The number of furan rings is 1. The van der Waals surface area contributed by atoms with Crippen LogP contribution in [-0.4, -0.2) is 25.8 Å². The van der Waals surface area contributed by atoms with Gasteiger partial charge in [0.05, 0.1) is 0 Å². The number of rotatable bonds is 3. The van der Waals surface area contributed by atoms with Crippen LogP contribution in [0.25, 0.3) is 0 Å². The molecule has 14 heavy (non-hydrogen) atoms. The van der Waals surface area contributed by atoms with Crippen LogP contribution in [0.4, 0.5) is 0 Å². The number of nitrogens with zero attached hydrogens (tertiary/aromatic N) is 3. The Bertz CT molecular complexity index is 432. The number of hydrogen-bond acceptors (Lipinski definition) is 4.